The number of nitrogens with one attached hydrogen (secondary N) is 1. The van der Waals surface area contributed by atoms with E-state index in [1.54, 1.807) is 38.1 Å². The Morgan fingerprint density at radius 2 is 1.73 bits per heavy atom. The number of fused-ring (bicyclic) bond motifs is 2. The number of carboxylic acids is 1. The van der Waals surface area contributed by atoms with E-state index in [1.807, 2.05) is 0 Å². The number of carbonyl (C=O) groups excluding carboxylic acids is 1. The van der Waals surface area contributed by atoms with E-state index in [9.17, 15) is 35.5 Å². The van der Waals surface area contributed by atoms with Crippen molar-refractivity contribution in [1.29, 1.82) is 0 Å². The second kappa shape index (κ2) is 12.9. The maximum Gasteiger partial charge on any atom is 0.303 e. The zero-order valence-corrected chi connectivity index (χ0v) is 25.9. The second-order valence-electron chi connectivity index (χ2n) is 10.1. The highest BCUT2D eigenvalue weighted by atomic mass is 32.2. The minimum absolute atomic E-state index is 0.00344. The van der Waals surface area contributed by atoms with Crippen LogP contribution in [0, 0.1) is 0 Å². The lowest BCUT2D eigenvalue weighted by atomic mass is 9.82. The quantitative estimate of drug-likeness (QED) is 0.261. The molecule has 0 fully saturated rings. The summed E-state index contributed by atoms with van der Waals surface area (Å²) in [6.07, 6.45) is 1.51. The van der Waals surface area contributed by atoms with E-state index in [0.717, 1.165) is 0 Å². The molecule has 2 atom stereocenters. The van der Waals surface area contributed by atoms with E-state index in [4.69, 9.17) is 9.84 Å². The molecule has 0 radical (unpaired) electrons. The van der Waals surface area contributed by atoms with Crippen molar-refractivity contribution in [2.75, 3.05) is 32.0 Å². The van der Waals surface area contributed by atoms with Gasteiger partial charge in [0.15, 0.2) is 15.9 Å². The number of nitrogens with zero attached hydrogens (tertiary/aromatic N) is 2. The summed E-state index contributed by atoms with van der Waals surface area (Å²) in [7, 11) is -8.35. The van der Waals surface area contributed by atoms with Crippen molar-refractivity contribution in [1.82, 2.24) is 4.90 Å². The van der Waals surface area contributed by atoms with Crippen molar-refractivity contribution in [2.24, 2.45) is 4.99 Å². The fourth-order valence-corrected chi connectivity index (χ4v) is 7.16. The van der Waals surface area contributed by atoms with Crippen LogP contribution in [-0.2, 0) is 25.0 Å². The highest BCUT2D eigenvalue weighted by molar-refractivity contribution is 7.87. The zero-order chi connectivity index (χ0) is 32.4. The van der Waals surface area contributed by atoms with Crippen LogP contribution in [0.4, 0.5) is 5.69 Å². The van der Waals surface area contributed by atoms with Crippen molar-refractivity contribution in [2.45, 2.75) is 42.9 Å². The summed E-state index contributed by atoms with van der Waals surface area (Å²) in [5, 5.41) is 10.1. The topological polar surface area (TPSA) is 200 Å². The van der Waals surface area contributed by atoms with Gasteiger partial charge in [-0.05, 0) is 50.1 Å². The predicted octanol–water partition coefficient (Wildman–Crippen LogP) is 3.15. The highest BCUT2D eigenvalue weighted by Gasteiger charge is 2.47. The van der Waals surface area contributed by atoms with Gasteiger partial charge in [0.05, 0.1) is 11.4 Å². The number of hydrogen-bond acceptors (Lipinski definition) is 9. The lowest BCUT2D eigenvalue weighted by molar-refractivity contribution is -0.137. The molecule has 13 nitrogen and oxygen atoms in total. The van der Waals surface area contributed by atoms with Crippen molar-refractivity contribution in [3.8, 4) is 5.75 Å². The molecule has 236 valence electrons. The molecule has 0 spiro atoms. The number of amides is 1. The number of benzene rings is 2. The number of rotatable bonds is 11. The van der Waals surface area contributed by atoms with Gasteiger partial charge in [-0.15, -0.1) is 0 Å². The van der Waals surface area contributed by atoms with Crippen molar-refractivity contribution >= 4 is 49.1 Å². The summed E-state index contributed by atoms with van der Waals surface area (Å²) < 4.78 is 78.0. The molecule has 0 saturated carbocycles. The van der Waals surface area contributed by atoms with Crippen molar-refractivity contribution in [3.05, 3.63) is 70.8 Å². The first kappa shape index (κ1) is 32.9. The van der Waals surface area contributed by atoms with E-state index >= 15 is 0 Å². The van der Waals surface area contributed by atoms with E-state index in [2.05, 4.69) is 10.3 Å². The molecule has 2 aromatic rings. The van der Waals surface area contributed by atoms with E-state index < -0.39 is 48.4 Å². The van der Waals surface area contributed by atoms with Gasteiger partial charge in [0.1, 0.15) is 6.10 Å². The first-order valence-corrected chi connectivity index (χ1v) is 16.7. The fourth-order valence-electron chi connectivity index (χ4n) is 5.38. The molecule has 0 bridgehead atoms. The number of anilines is 1. The summed E-state index contributed by atoms with van der Waals surface area (Å²) in [5.41, 5.74) is 1.04. The molecular formula is C29H33N3O10S2. The Labute approximate surface area is 255 Å². The standard InChI is InChI=1S/C29H33N3O10S2/c1-4-30-21-14-12-19-24(17-9-6-7-10-18(17)29(35)32(3)16-8-11-23(33)34)20-13-15-22(31-5-2)28(44(39,40)41)26(20)42-25(19)27(21)43(36,37)38/h6-7,9-10,12-15,25,27,31H,4-5,8,11,16H2,1-3H3,(H,33,34)(H,36,37,38)(H,39,40,41)/b30-21-. The monoisotopic (exact) mass is 647 g/mol. The number of hydrogen-bond donors (Lipinski definition) is 4. The smallest absolute Gasteiger partial charge is 0.303 e. The van der Waals surface area contributed by atoms with Gasteiger partial charge in [0.25, 0.3) is 26.1 Å². The number of allylic oxidation sites excluding steroid dienone is 1. The molecule has 2 unspecified atom stereocenters. The van der Waals surface area contributed by atoms with Crippen LogP contribution in [0.25, 0.3) is 5.57 Å². The summed E-state index contributed by atoms with van der Waals surface area (Å²) >= 11 is 0. The second-order valence-corrected chi connectivity index (χ2v) is 13.0. The highest BCUT2D eigenvalue weighted by Crippen LogP contribution is 2.48. The lowest BCUT2D eigenvalue weighted by Crippen LogP contribution is -2.48. The zero-order valence-electron chi connectivity index (χ0n) is 24.2. The Balaban J connectivity index is 2.06. The molecule has 1 aliphatic heterocycles. The first-order valence-electron chi connectivity index (χ1n) is 13.8. The van der Waals surface area contributed by atoms with Crippen molar-refractivity contribution in [3.63, 3.8) is 0 Å². The maximum atomic E-state index is 13.7. The normalized spacial score (nSPS) is 18.8. The molecule has 0 aromatic heterocycles. The van der Waals surface area contributed by atoms with Crippen LogP contribution in [0.5, 0.6) is 5.75 Å². The van der Waals surface area contributed by atoms with E-state index in [0.29, 0.717) is 5.56 Å². The van der Waals surface area contributed by atoms with Crippen LogP contribution >= 0.6 is 0 Å². The van der Waals surface area contributed by atoms with Crippen LogP contribution in [-0.4, -0.2) is 91.6 Å². The van der Waals surface area contributed by atoms with Gasteiger partial charge in [-0.1, -0.05) is 24.3 Å². The van der Waals surface area contributed by atoms with Gasteiger partial charge >= 0.3 is 5.97 Å². The molecule has 2 aliphatic rings. The Morgan fingerprint density at radius 3 is 2.34 bits per heavy atom. The molecule has 1 aliphatic carbocycles. The maximum absolute atomic E-state index is 13.7. The predicted molar refractivity (Wildman–Crippen MR) is 164 cm³/mol. The van der Waals surface area contributed by atoms with Crippen LogP contribution in [0.3, 0.4) is 0 Å². The summed E-state index contributed by atoms with van der Waals surface area (Å²) in [5.74, 6) is -1.84. The number of aliphatic carboxylic acids is 1. The molecule has 1 heterocycles. The number of ether oxygens (including phenoxy) is 1. The summed E-state index contributed by atoms with van der Waals surface area (Å²) in [4.78, 5) is 29.6. The fraction of sp³-hybridized carbons (Fsp3) is 0.345. The van der Waals surface area contributed by atoms with Gasteiger partial charge in [-0.2, -0.15) is 16.8 Å². The largest absolute Gasteiger partial charge is 0.482 e. The summed E-state index contributed by atoms with van der Waals surface area (Å²) in [6, 6.07) is 9.36. The van der Waals surface area contributed by atoms with Crippen LogP contribution in [0.15, 0.2) is 64.0 Å². The average Bonchev–Trinajstić information content (AvgIpc) is 2.94. The third-order valence-electron chi connectivity index (χ3n) is 7.17. The lowest BCUT2D eigenvalue weighted by Gasteiger charge is -2.37. The minimum Gasteiger partial charge on any atom is -0.482 e. The molecule has 2 aromatic carbocycles. The molecule has 44 heavy (non-hydrogen) atoms. The number of aliphatic imine (C=N–C) groups is 1. The molecule has 0 saturated heterocycles. The number of carboxylic acid groups (broad SMARTS) is 1. The molecule has 4 rings (SSSR count). The van der Waals surface area contributed by atoms with Crippen LogP contribution in [0.1, 0.15) is 48.2 Å². The molecule has 15 heteroatoms. The van der Waals surface area contributed by atoms with Gasteiger partial charge in [-0.25, -0.2) is 0 Å². The minimum atomic E-state index is -4.97. The molecular weight excluding hydrogens is 614 g/mol. The SMILES string of the molecule is CC/N=C1/C=CC2=C(c3ccccc3C(=O)N(C)CCCC(=O)O)c3ccc(NCC)c(S(=O)(=O)O)c3OC2C1S(=O)(=O)O. The van der Waals surface area contributed by atoms with Crippen LogP contribution in [0.2, 0.25) is 0 Å². The average molecular weight is 648 g/mol. The van der Waals surface area contributed by atoms with Crippen molar-refractivity contribution < 1.29 is 45.4 Å². The first-order chi connectivity index (χ1) is 20.7. The Bertz CT molecular complexity index is 1800. The van der Waals surface area contributed by atoms with Crippen LogP contribution < -0.4 is 10.1 Å². The van der Waals surface area contributed by atoms with E-state index in [-0.39, 0.29) is 71.9 Å². The van der Waals surface area contributed by atoms with Gasteiger partial charge in [0.2, 0.25) is 0 Å². The molecule has 4 N–H and O–H groups in total. The Morgan fingerprint density at radius 1 is 1.02 bits per heavy atom. The Hall–Kier alpha value is -4.05. The third-order valence-corrected chi connectivity index (χ3v) is 9.22. The number of carbonyl (C=O) groups is 2. The third kappa shape index (κ3) is 6.55. The van der Waals surface area contributed by atoms with Gasteiger partial charge < -0.3 is 20.1 Å². The molecule has 1 amide bonds. The summed E-state index contributed by atoms with van der Waals surface area (Å²) in [6.45, 7) is 3.96. The van der Waals surface area contributed by atoms with Gasteiger partial charge in [0, 0.05) is 55.4 Å². The Kier molecular flexibility index (Phi) is 9.63. The van der Waals surface area contributed by atoms with Gasteiger partial charge in [-0.3, -0.25) is 23.7 Å². The van der Waals surface area contributed by atoms with E-state index in [1.165, 1.54) is 36.2 Å².